The second-order valence-electron chi connectivity index (χ2n) is 5.18. The summed E-state index contributed by atoms with van der Waals surface area (Å²) in [5.74, 6) is 0.824. The molecular weight excluding hydrogens is 314 g/mol. The van der Waals surface area contributed by atoms with Gasteiger partial charge in [0.25, 0.3) is 0 Å². The Balaban J connectivity index is 2.49. The highest BCUT2D eigenvalue weighted by atomic mass is 79.9. The molecule has 2 nitrogen and oxygen atoms in total. The van der Waals surface area contributed by atoms with Gasteiger partial charge in [0, 0.05) is 4.47 Å². The van der Waals surface area contributed by atoms with E-state index >= 15 is 0 Å². The molecule has 0 aliphatic rings. The molecule has 0 amide bonds. The first-order chi connectivity index (χ1) is 9.43. The molecule has 2 N–H and O–H groups in total. The zero-order chi connectivity index (χ0) is 14.9. The first-order valence-corrected chi connectivity index (χ1v) is 7.40. The van der Waals surface area contributed by atoms with Crippen LogP contribution in [0.3, 0.4) is 0 Å². The van der Waals surface area contributed by atoms with Crippen LogP contribution in [0.15, 0.2) is 34.8 Å². The van der Waals surface area contributed by atoms with Crippen molar-refractivity contribution in [3.05, 3.63) is 62.6 Å². The Morgan fingerprint density at radius 2 is 1.65 bits per heavy atom. The van der Waals surface area contributed by atoms with E-state index in [0.29, 0.717) is 0 Å². The highest BCUT2D eigenvalue weighted by molar-refractivity contribution is 9.10. The summed E-state index contributed by atoms with van der Waals surface area (Å²) in [7, 11) is 1.66. The van der Waals surface area contributed by atoms with Crippen LogP contribution in [0.25, 0.3) is 0 Å². The lowest BCUT2D eigenvalue weighted by atomic mass is 9.90. The van der Waals surface area contributed by atoms with E-state index in [1.165, 1.54) is 22.3 Å². The number of ether oxygens (including phenoxy) is 1. The fraction of sp³-hybridized carbons (Fsp3) is 0.294. The molecule has 106 valence electrons. The Bertz CT molecular complexity index is 614. The van der Waals surface area contributed by atoms with E-state index in [0.717, 1.165) is 15.8 Å². The van der Waals surface area contributed by atoms with Gasteiger partial charge in [-0.15, -0.1) is 0 Å². The van der Waals surface area contributed by atoms with E-state index in [9.17, 15) is 0 Å². The Hall–Kier alpha value is -1.32. The van der Waals surface area contributed by atoms with Crippen molar-refractivity contribution >= 4 is 15.9 Å². The number of halogens is 1. The smallest absolute Gasteiger partial charge is 0.120 e. The standard InChI is InChI=1S/C17H20BrNO/c1-10-7-11(2)16(12(3)8-10)17(19)14-6-5-13(20-4)9-15(14)18/h5-9,17H,19H2,1-4H3. The zero-order valence-corrected chi connectivity index (χ0v) is 13.9. The average molecular weight is 334 g/mol. The number of methoxy groups -OCH3 is 1. The number of benzene rings is 2. The largest absolute Gasteiger partial charge is 0.497 e. The van der Waals surface area contributed by atoms with E-state index in [4.69, 9.17) is 10.5 Å². The fourth-order valence-corrected chi connectivity index (χ4v) is 3.33. The zero-order valence-electron chi connectivity index (χ0n) is 12.3. The molecule has 0 spiro atoms. The predicted molar refractivity (Wildman–Crippen MR) is 87.4 cm³/mol. The van der Waals surface area contributed by atoms with Gasteiger partial charge >= 0.3 is 0 Å². The van der Waals surface area contributed by atoms with Gasteiger partial charge in [-0.25, -0.2) is 0 Å². The fourth-order valence-electron chi connectivity index (χ4n) is 2.72. The molecule has 0 aliphatic carbocycles. The van der Waals surface area contributed by atoms with E-state index in [-0.39, 0.29) is 6.04 Å². The van der Waals surface area contributed by atoms with Crippen molar-refractivity contribution in [1.82, 2.24) is 0 Å². The normalized spacial score (nSPS) is 12.3. The molecule has 3 heteroatoms. The Kier molecular flexibility index (Phi) is 4.51. The van der Waals surface area contributed by atoms with Crippen LogP contribution in [0, 0.1) is 20.8 Å². The van der Waals surface area contributed by atoms with Crippen LogP contribution >= 0.6 is 15.9 Å². The highest BCUT2D eigenvalue weighted by Crippen LogP contribution is 2.33. The first-order valence-electron chi connectivity index (χ1n) is 6.60. The van der Waals surface area contributed by atoms with E-state index in [2.05, 4.69) is 48.8 Å². The summed E-state index contributed by atoms with van der Waals surface area (Å²) in [6.07, 6.45) is 0. The third kappa shape index (κ3) is 2.89. The SMILES string of the molecule is COc1ccc(C(N)c2c(C)cc(C)cc2C)c(Br)c1. The van der Waals surface area contributed by atoms with Crippen molar-refractivity contribution in [2.75, 3.05) is 7.11 Å². The van der Waals surface area contributed by atoms with E-state index in [1.807, 2.05) is 18.2 Å². The van der Waals surface area contributed by atoms with E-state index < -0.39 is 0 Å². The van der Waals surface area contributed by atoms with Crippen LogP contribution in [-0.4, -0.2) is 7.11 Å². The van der Waals surface area contributed by atoms with E-state index in [1.54, 1.807) is 7.11 Å². The summed E-state index contributed by atoms with van der Waals surface area (Å²) in [6.45, 7) is 6.35. The molecule has 0 saturated carbocycles. The number of hydrogen-bond acceptors (Lipinski definition) is 2. The minimum Gasteiger partial charge on any atom is -0.497 e. The predicted octanol–water partition coefficient (Wildman–Crippen LogP) is 4.43. The minimum atomic E-state index is -0.143. The lowest BCUT2D eigenvalue weighted by molar-refractivity contribution is 0.414. The van der Waals surface area contributed by atoms with Crippen molar-refractivity contribution in [3.63, 3.8) is 0 Å². The number of rotatable bonds is 3. The van der Waals surface area contributed by atoms with Crippen LogP contribution in [-0.2, 0) is 0 Å². The minimum absolute atomic E-state index is 0.143. The molecule has 1 unspecified atom stereocenters. The summed E-state index contributed by atoms with van der Waals surface area (Å²) < 4.78 is 6.20. The third-order valence-corrected chi connectivity index (χ3v) is 4.28. The second-order valence-corrected chi connectivity index (χ2v) is 6.03. The molecule has 2 aromatic rings. The summed E-state index contributed by atoms with van der Waals surface area (Å²) in [5.41, 5.74) is 12.5. The molecule has 0 radical (unpaired) electrons. The van der Waals surface area contributed by atoms with Gasteiger partial charge in [-0.1, -0.05) is 39.7 Å². The quantitative estimate of drug-likeness (QED) is 0.901. The van der Waals surface area contributed by atoms with Gasteiger partial charge in [-0.2, -0.15) is 0 Å². The lowest BCUT2D eigenvalue weighted by Gasteiger charge is -2.20. The molecule has 0 aromatic heterocycles. The maximum atomic E-state index is 6.49. The van der Waals surface area contributed by atoms with Crippen molar-refractivity contribution < 1.29 is 4.74 Å². The van der Waals surface area contributed by atoms with Crippen LogP contribution in [0.4, 0.5) is 0 Å². The maximum Gasteiger partial charge on any atom is 0.120 e. The molecule has 0 heterocycles. The van der Waals surface area contributed by atoms with Crippen LogP contribution in [0.1, 0.15) is 33.9 Å². The molecule has 2 aromatic carbocycles. The molecule has 1 atom stereocenters. The van der Waals surface area contributed by atoms with Gasteiger partial charge in [-0.05, 0) is 55.2 Å². The molecule has 0 bridgehead atoms. The first kappa shape index (κ1) is 15.1. The van der Waals surface area contributed by atoms with Crippen LogP contribution in [0.2, 0.25) is 0 Å². The summed E-state index contributed by atoms with van der Waals surface area (Å²) in [5, 5.41) is 0. The van der Waals surface area contributed by atoms with Crippen LogP contribution < -0.4 is 10.5 Å². The Morgan fingerprint density at radius 1 is 1.05 bits per heavy atom. The summed E-state index contributed by atoms with van der Waals surface area (Å²) in [6, 6.07) is 10.1. The summed E-state index contributed by atoms with van der Waals surface area (Å²) in [4.78, 5) is 0. The van der Waals surface area contributed by atoms with Crippen molar-refractivity contribution in [3.8, 4) is 5.75 Å². The molecule has 0 fully saturated rings. The third-order valence-electron chi connectivity index (χ3n) is 3.59. The van der Waals surface area contributed by atoms with Gasteiger partial charge in [0.15, 0.2) is 0 Å². The molecule has 0 aliphatic heterocycles. The van der Waals surface area contributed by atoms with Gasteiger partial charge in [0.1, 0.15) is 5.75 Å². The monoisotopic (exact) mass is 333 g/mol. The molecule has 0 saturated heterocycles. The number of aryl methyl sites for hydroxylation is 3. The molecular formula is C17H20BrNO. The van der Waals surface area contributed by atoms with Gasteiger partial charge < -0.3 is 10.5 Å². The van der Waals surface area contributed by atoms with Gasteiger partial charge in [0.2, 0.25) is 0 Å². The van der Waals surface area contributed by atoms with Crippen molar-refractivity contribution in [2.24, 2.45) is 5.73 Å². The Labute approximate surface area is 129 Å². The Morgan fingerprint density at radius 3 is 2.15 bits per heavy atom. The maximum absolute atomic E-state index is 6.49. The average Bonchev–Trinajstić information content (AvgIpc) is 2.37. The summed E-state index contributed by atoms with van der Waals surface area (Å²) >= 11 is 3.59. The van der Waals surface area contributed by atoms with Gasteiger partial charge in [0.05, 0.1) is 13.2 Å². The van der Waals surface area contributed by atoms with Crippen LogP contribution in [0.5, 0.6) is 5.75 Å². The number of hydrogen-bond donors (Lipinski definition) is 1. The lowest BCUT2D eigenvalue weighted by Crippen LogP contribution is -2.15. The molecule has 20 heavy (non-hydrogen) atoms. The number of nitrogens with two attached hydrogens (primary N) is 1. The highest BCUT2D eigenvalue weighted by Gasteiger charge is 2.17. The topological polar surface area (TPSA) is 35.2 Å². The van der Waals surface area contributed by atoms with Gasteiger partial charge in [-0.3, -0.25) is 0 Å². The van der Waals surface area contributed by atoms with Crippen molar-refractivity contribution in [1.29, 1.82) is 0 Å². The van der Waals surface area contributed by atoms with Crippen molar-refractivity contribution in [2.45, 2.75) is 26.8 Å². The second kappa shape index (κ2) is 5.98. The molecule has 2 rings (SSSR count).